The topological polar surface area (TPSA) is 111 Å². The first-order valence-corrected chi connectivity index (χ1v) is 12.9. The fourth-order valence-corrected chi connectivity index (χ4v) is 5.52. The van der Waals surface area contributed by atoms with Crippen LogP contribution in [0.25, 0.3) is 0 Å². The van der Waals surface area contributed by atoms with Crippen LogP contribution in [0.15, 0.2) is 54.9 Å². The number of piperidine rings is 1. The number of nitrogens with zero attached hydrogens (tertiary/aromatic N) is 4. The van der Waals surface area contributed by atoms with Gasteiger partial charge in [-0.1, -0.05) is 6.07 Å². The average molecular weight is 523 g/mol. The van der Waals surface area contributed by atoms with E-state index in [0.29, 0.717) is 48.7 Å². The molecule has 200 valence electrons. The van der Waals surface area contributed by atoms with Crippen molar-refractivity contribution in [1.82, 2.24) is 14.9 Å². The molecule has 10 heteroatoms. The molecular formula is C28H32F2N6O2. The number of nitrogens with two attached hydrogens (primary N) is 2. The summed E-state index contributed by atoms with van der Waals surface area (Å²) in [5, 5.41) is 0. The molecule has 2 aliphatic heterocycles. The number of nitrogen functional groups attached to an aromatic ring is 2. The van der Waals surface area contributed by atoms with Crippen LogP contribution in [0.5, 0.6) is 5.88 Å². The summed E-state index contributed by atoms with van der Waals surface area (Å²) in [6.45, 7) is 4.23. The van der Waals surface area contributed by atoms with E-state index in [9.17, 15) is 13.6 Å². The highest BCUT2D eigenvalue weighted by molar-refractivity contribution is 5.79. The van der Waals surface area contributed by atoms with Gasteiger partial charge >= 0.3 is 0 Å². The molecule has 4 heterocycles. The number of aromatic nitrogens is 2. The van der Waals surface area contributed by atoms with E-state index < -0.39 is 11.6 Å². The Hall–Kier alpha value is -3.95. The normalized spacial score (nSPS) is 20.9. The lowest BCUT2D eigenvalue weighted by molar-refractivity contribution is -0.135. The second-order valence-electron chi connectivity index (χ2n) is 10.2. The van der Waals surface area contributed by atoms with Crippen LogP contribution in [0.3, 0.4) is 0 Å². The van der Waals surface area contributed by atoms with Crippen LogP contribution >= 0.6 is 0 Å². The number of likely N-dealkylation sites (tertiary alicyclic amines) is 1. The van der Waals surface area contributed by atoms with Crippen LogP contribution in [0.1, 0.15) is 31.2 Å². The van der Waals surface area contributed by atoms with Crippen LogP contribution in [-0.4, -0.2) is 53.1 Å². The van der Waals surface area contributed by atoms with Crippen molar-refractivity contribution in [2.45, 2.75) is 31.8 Å². The smallest absolute Gasteiger partial charge is 0.225 e. The van der Waals surface area contributed by atoms with E-state index in [0.717, 1.165) is 25.0 Å². The molecule has 8 nitrogen and oxygen atoms in total. The summed E-state index contributed by atoms with van der Waals surface area (Å²) < 4.78 is 34.0. The van der Waals surface area contributed by atoms with Gasteiger partial charge in [0, 0.05) is 50.0 Å². The third-order valence-electron chi connectivity index (χ3n) is 7.66. The van der Waals surface area contributed by atoms with Crippen molar-refractivity contribution in [1.29, 1.82) is 0 Å². The molecule has 3 unspecified atom stereocenters. The zero-order valence-electron chi connectivity index (χ0n) is 21.3. The van der Waals surface area contributed by atoms with Crippen molar-refractivity contribution >= 4 is 23.1 Å². The number of amides is 1. The van der Waals surface area contributed by atoms with Crippen LogP contribution in [-0.2, 0) is 4.79 Å². The second kappa shape index (κ2) is 10.8. The highest BCUT2D eigenvalue weighted by Gasteiger charge is 2.42. The molecule has 0 bridgehead atoms. The van der Waals surface area contributed by atoms with Gasteiger partial charge < -0.3 is 26.0 Å². The molecule has 0 spiro atoms. The van der Waals surface area contributed by atoms with Crippen molar-refractivity contribution < 1.29 is 18.3 Å². The molecule has 1 amide bonds. The lowest BCUT2D eigenvalue weighted by Gasteiger charge is -2.34. The fraction of sp³-hybridized carbons (Fsp3) is 0.393. The summed E-state index contributed by atoms with van der Waals surface area (Å²) in [5.74, 6) is -0.894. The highest BCUT2D eigenvalue weighted by atomic mass is 19.2. The molecule has 4 N–H and O–H groups in total. The molecule has 0 aliphatic carbocycles. The van der Waals surface area contributed by atoms with Crippen LogP contribution in [0.2, 0.25) is 0 Å². The maximum absolute atomic E-state index is 14.2. The number of pyridine rings is 2. The van der Waals surface area contributed by atoms with E-state index in [1.54, 1.807) is 24.4 Å². The number of halogens is 2. The van der Waals surface area contributed by atoms with E-state index >= 15 is 0 Å². The minimum absolute atomic E-state index is 0.0859. The zero-order chi connectivity index (χ0) is 26.8. The number of rotatable bonds is 6. The molecule has 3 aromatic rings. The van der Waals surface area contributed by atoms with E-state index in [2.05, 4.69) is 14.9 Å². The van der Waals surface area contributed by atoms with Gasteiger partial charge in [0.25, 0.3) is 0 Å². The number of carbonyl (C=O) groups excluding carboxylic acids is 1. The standard InChI is InChI=1S/C28H32F2N6O2/c1-17(38-27-7-4-21(32)14-34-27)22-15-36(16-23(22)19-2-5-24(29)25(30)12-19)28(37)18-8-10-35(11-9-18)26-6-3-20(31)13-33-26/h2-7,12-14,17-18,22-23H,8-11,15-16,31-32H2,1H3. The molecule has 0 saturated carbocycles. The predicted molar refractivity (Wildman–Crippen MR) is 141 cm³/mol. The van der Waals surface area contributed by atoms with Crippen molar-refractivity contribution in [2.75, 3.05) is 42.5 Å². The van der Waals surface area contributed by atoms with Crippen LogP contribution in [0.4, 0.5) is 26.0 Å². The summed E-state index contributed by atoms with van der Waals surface area (Å²) in [4.78, 5) is 26.3. The monoisotopic (exact) mass is 522 g/mol. The number of carbonyl (C=O) groups is 1. The van der Waals surface area contributed by atoms with Gasteiger partial charge in [-0.3, -0.25) is 4.79 Å². The van der Waals surface area contributed by atoms with Gasteiger partial charge in [0.2, 0.25) is 11.8 Å². The Bertz CT molecular complexity index is 1270. The molecule has 2 aromatic heterocycles. The summed E-state index contributed by atoms with van der Waals surface area (Å²) in [5.41, 5.74) is 13.3. The number of hydrogen-bond donors (Lipinski definition) is 2. The second-order valence-corrected chi connectivity index (χ2v) is 10.2. The summed E-state index contributed by atoms with van der Waals surface area (Å²) >= 11 is 0. The van der Waals surface area contributed by atoms with Gasteiger partial charge in [-0.25, -0.2) is 18.7 Å². The Morgan fingerprint density at radius 2 is 1.68 bits per heavy atom. The van der Waals surface area contributed by atoms with Crippen molar-refractivity contribution in [3.05, 3.63) is 72.1 Å². The fourth-order valence-electron chi connectivity index (χ4n) is 5.52. The first-order chi connectivity index (χ1) is 18.3. The third-order valence-corrected chi connectivity index (χ3v) is 7.66. The van der Waals surface area contributed by atoms with E-state index in [1.165, 1.54) is 12.3 Å². The lowest BCUT2D eigenvalue weighted by Crippen LogP contribution is -2.42. The number of anilines is 3. The van der Waals surface area contributed by atoms with Gasteiger partial charge in [0.15, 0.2) is 11.6 Å². The van der Waals surface area contributed by atoms with E-state index in [-0.39, 0.29) is 29.8 Å². The van der Waals surface area contributed by atoms with Crippen LogP contribution < -0.4 is 21.1 Å². The molecule has 5 rings (SSSR count). The first kappa shape index (κ1) is 25.7. The molecule has 1 aromatic carbocycles. The van der Waals surface area contributed by atoms with Crippen molar-refractivity contribution in [2.24, 2.45) is 11.8 Å². The zero-order valence-corrected chi connectivity index (χ0v) is 21.3. The summed E-state index contributed by atoms with van der Waals surface area (Å²) in [7, 11) is 0. The molecule has 3 atom stereocenters. The Balaban J connectivity index is 1.30. The lowest BCUT2D eigenvalue weighted by atomic mass is 9.85. The highest BCUT2D eigenvalue weighted by Crippen LogP contribution is 2.38. The first-order valence-electron chi connectivity index (χ1n) is 12.9. The van der Waals surface area contributed by atoms with Gasteiger partial charge in [-0.15, -0.1) is 0 Å². The Kier molecular flexibility index (Phi) is 7.31. The average Bonchev–Trinajstić information content (AvgIpc) is 3.37. The number of benzene rings is 1. The summed E-state index contributed by atoms with van der Waals surface area (Å²) in [6.07, 6.45) is 4.25. The molecule has 2 fully saturated rings. The quantitative estimate of drug-likeness (QED) is 0.506. The largest absolute Gasteiger partial charge is 0.474 e. The maximum Gasteiger partial charge on any atom is 0.225 e. The van der Waals surface area contributed by atoms with E-state index in [4.69, 9.17) is 16.2 Å². The van der Waals surface area contributed by atoms with Crippen molar-refractivity contribution in [3.63, 3.8) is 0 Å². The molecule has 2 saturated heterocycles. The Morgan fingerprint density at radius 3 is 2.32 bits per heavy atom. The van der Waals surface area contributed by atoms with Gasteiger partial charge in [-0.2, -0.15) is 0 Å². The molecule has 2 aliphatic rings. The number of ether oxygens (including phenoxy) is 1. The van der Waals surface area contributed by atoms with E-state index in [1.807, 2.05) is 24.0 Å². The SMILES string of the molecule is CC(Oc1ccc(N)cn1)C1CN(C(=O)C2CCN(c3ccc(N)cn3)CC2)CC1c1ccc(F)c(F)c1. The van der Waals surface area contributed by atoms with Crippen LogP contribution in [0, 0.1) is 23.5 Å². The third kappa shape index (κ3) is 5.49. The van der Waals surface area contributed by atoms with Gasteiger partial charge in [0.05, 0.1) is 23.8 Å². The Morgan fingerprint density at radius 1 is 0.974 bits per heavy atom. The minimum Gasteiger partial charge on any atom is -0.474 e. The predicted octanol–water partition coefficient (Wildman–Crippen LogP) is 3.85. The summed E-state index contributed by atoms with van der Waals surface area (Å²) in [6, 6.07) is 11.1. The molecule has 0 radical (unpaired) electrons. The van der Waals surface area contributed by atoms with Crippen molar-refractivity contribution in [3.8, 4) is 5.88 Å². The van der Waals surface area contributed by atoms with Gasteiger partial charge in [0.1, 0.15) is 11.9 Å². The molecular weight excluding hydrogens is 490 g/mol. The Labute approximate surface area is 220 Å². The minimum atomic E-state index is -0.900. The maximum atomic E-state index is 14.2. The molecule has 38 heavy (non-hydrogen) atoms. The van der Waals surface area contributed by atoms with Gasteiger partial charge in [-0.05, 0) is 55.7 Å². The number of hydrogen-bond acceptors (Lipinski definition) is 7.